The van der Waals surface area contributed by atoms with E-state index in [9.17, 15) is 4.39 Å². The quantitative estimate of drug-likeness (QED) is 0.790. The van der Waals surface area contributed by atoms with Gasteiger partial charge in [0.05, 0.1) is 5.02 Å². The summed E-state index contributed by atoms with van der Waals surface area (Å²) in [6.07, 6.45) is 4.00. The van der Waals surface area contributed by atoms with Crippen LogP contribution in [0.15, 0.2) is 12.3 Å². The summed E-state index contributed by atoms with van der Waals surface area (Å²) < 4.78 is 12.4. The van der Waals surface area contributed by atoms with E-state index in [2.05, 4.69) is 16.8 Å². The van der Waals surface area contributed by atoms with E-state index in [0.29, 0.717) is 16.5 Å². The molecule has 0 amide bonds. The summed E-state index contributed by atoms with van der Waals surface area (Å²) in [5.74, 6) is 1.47. The van der Waals surface area contributed by atoms with Crippen LogP contribution in [-0.4, -0.2) is 18.1 Å². The van der Waals surface area contributed by atoms with Gasteiger partial charge in [-0.05, 0) is 24.8 Å². The molecule has 1 atom stereocenters. The predicted octanol–water partition coefficient (Wildman–Crippen LogP) is 3.44. The third-order valence-corrected chi connectivity index (χ3v) is 3.27. The lowest BCUT2D eigenvalue weighted by Gasteiger charge is -2.32. The second-order valence-electron chi connectivity index (χ2n) is 4.48. The van der Waals surface area contributed by atoms with E-state index in [1.807, 2.05) is 0 Å². The standard InChI is InChI=1S/C12H16ClFN2/c1-9-3-2-4-16(8-9)12-11(13)5-10(6-14)7-15-12/h5,7,9H,2-4,6,8H2,1H3. The molecule has 0 radical (unpaired) electrons. The average molecular weight is 243 g/mol. The lowest BCUT2D eigenvalue weighted by molar-refractivity contribution is 0.444. The van der Waals surface area contributed by atoms with Crippen LogP contribution < -0.4 is 4.90 Å². The number of pyridine rings is 1. The zero-order chi connectivity index (χ0) is 11.5. The molecule has 1 saturated heterocycles. The van der Waals surface area contributed by atoms with Crippen LogP contribution in [0, 0.1) is 5.92 Å². The van der Waals surface area contributed by atoms with Crippen LogP contribution in [0.4, 0.5) is 10.2 Å². The van der Waals surface area contributed by atoms with E-state index in [1.54, 1.807) is 12.3 Å². The van der Waals surface area contributed by atoms with Crippen LogP contribution in [0.3, 0.4) is 0 Å². The first-order valence-electron chi connectivity index (χ1n) is 5.66. The highest BCUT2D eigenvalue weighted by Crippen LogP contribution is 2.28. The Kier molecular flexibility index (Phi) is 3.64. The zero-order valence-electron chi connectivity index (χ0n) is 9.42. The highest BCUT2D eigenvalue weighted by Gasteiger charge is 2.19. The van der Waals surface area contributed by atoms with Crippen LogP contribution in [0.25, 0.3) is 0 Å². The molecule has 2 rings (SSSR count). The van der Waals surface area contributed by atoms with E-state index >= 15 is 0 Å². The van der Waals surface area contributed by atoms with Crippen LogP contribution in [0.5, 0.6) is 0 Å². The number of rotatable bonds is 2. The predicted molar refractivity (Wildman–Crippen MR) is 64.7 cm³/mol. The molecule has 2 heterocycles. The van der Waals surface area contributed by atoms with Crippen molar-refractivity contribution in [1.82, 2.24) is 4.98 Å². The molecular formula is C12H16ClFN2. The normalized spacial score (nSPS) is 21.2. The molecule has 1 aromatic rings. The minimum atomic E-state index is -0.511. The fourth-order valence-electron chi connectivity index (χ4n) is 2.16. The van der Waals surface area contributed by atoms with E-state index < -0.39 is 6.67 Å². The van der Waals surface area contributed by atoms with Gasteiger partial charge in [-0.3, -0.25) is 0 Å². The molecule has 0 aliphatic carbocycles. The molecule has 2 nitrogen and oxygen atoms in total. The van der Waals surface area contributed by atoms with Gasteiger partial charge in [0.1, 0.15) is 12.5 Å². The van der Waals surface area contributed by atoms with Gasteiger partial charge in [0.2, 0.25) is 0 Å². The molecular weight excluding hydrogens is 227 g/mol. The molecule has 16 heavy (non-hydrogen) atoms. The van der Waals surface area contributed by atoms with Gasteiger partial charge in [-0.15, -0.1) is 0 Å². The molecule has 0 saturated carbocycles. The van der Waals surface area contributed by atoms with Crippen molar-refractivity contribution in [2.45, 2.75) is 26.4 Å². The van der Waals surface area contributed by atoms with E-state index in [-0.39, 0.29) is 0 Å². The Bertz CT molecular complexity index is 370. The number of piperidine rings is 1. The molecule has 0 spiro atoms. The Morgan fingerprint density at radius 1 is 1.62 bits per heavy atom. The minimum absolute atomic E-state index is 0.511. The van der Waals surface area contributed by atoms with Crippen molar-refractivity contribution in [2.75, 3.05) is 18.0 Å². The Morgan fingerprint density at radius 2 is 2.44 bits per heavy atom. The molecule has 88 valence electrons. The summed E-state index contributed by atoms with van der Waals surface area (Å²) in [6.45, 7) is 3.70. The van der Waals surface area contributed by atoms with Crippen LogP contribution >= 0.6 is 11.6 Å². The summed E-state index contributed by atoms with van der Waals surface area (Å²) >= 11 is 6.12. The molecule has 1 unspecified atom stereocenters. The summed E-state index contributed by atoms with van der Waals surface area (Å²) in [5.41, 5.74) is 0.541. The van der Waals surface area contributed by atoms with E-state index in [4.69, 9.17) is 11.6 Å². The van der Waals surface area contributed by atoms with Gasteiger partial charge >= 0.3 is 0 Å². The second kappa shape index (κ2) is 5.00. The van der Waals surface area contributed by atoms with Crippen molar-refractivity contribution >= 4 is 17.4 Å². The Hall–Kier alpha value is -0.830. The van der Waals surface area contributed by atoms with Gasteiger partial charge in [-0.1, -0.05) is 18.5 Å². The maximum absolute atomic E-state index is 12.4. The van der Waals surface area contributed by atoms with Crippen LogP contribution in [-0.2, 0) is 6.67 Å². The van der Waals surface area contributed by atoms with Gasteiger partial charge in [0.25, 0.3) is 0 Å². The Labute approximate surface area is 100 Å². The second-order valence-corrected chi connectivity index (χ2v) is 4.88. The molecule has 0 bridgehead atoms. The summed E-state index contributed by atoms with van der Waals surface area (Å²) in [6, 6.07) is 1.67. The number of anilines is 1. The largest absolute Gasteiger partial charge is 0.355 e. The summed E-state index contributed by atoms with van der Waals surface area (Å²) in [5, 5.41) is 0.559. The maximum atomic E-state index is 12.4. The van der Waals surface area contributed by atoms with Crippen LogP contribution in [0.2, 0.25) is 5.02 Å². The van der Waals surface area contributed by atoms with Crippen molar-refractivity contribution in [2.24, 2.45) is 5.92 Å². The topological polar surface area (TPSA) is 16.1 Å². The van der Waals surface area contributed by atoms with Crippen molar-refractivity contribution in [3.05, 3.63) is 22.8 Å². The summed E-state index contributed by atoms with van der Waals surface area (Å²) in [7, 11) is 0. The monoisotopic (exact) mass is 242 g/mol. The van der Waals surface area contributed by atoms with Gasteiger partial charge in [0.15, 0.2) is 0 Å². The van der Waals surface area contributed by atoms with E-state index in [0.717, 1.165) is 18.9 Å². The first kappa shape index (κ1) is 11.6. The first-order chi connectivity index (χ1) is 7.70. The molecule has 0 aromatic carbocycles. The van der Waals surface area contributed by atoms with E-state index in [1.165, 1.54) is 12.8 Å². The molecule has 1 fully saturated rings. The fraction of sp³-hybridized carbons (Fsp3) is 0.583. The molecule has 1 aliphatic heterocycles. The number of halogens is 2. The van der Waals surface area contributed by atoms with Gasteiger partial charge < -0.3 is 4.90 Å². The fourth-order valence-corrected chi connectivity index (χ4v) is 2.47. The lowest BCUT2D eigenvalue weighted by Crippen LogP contribution is -2.35. The van der Waals surface area contributed by atoms with Gasteiger partial charge in [-0.2, -0.15) is 0 Å². The van der Waals surface area contributed by atoms with Crippen molar-refractivity contribution < 1.29 is 4.39 Å². The highest BCUT2D eigenvalue weighted by atomic mass is 35.5. The third-order valence-electron chi connectivity index (χ3n) is 2.99. The van der Waals surface area contributed by atoms with Crippen molar-refractivity contribution in [1.29, 1.82) is 0 Å². The molecule has 1 aliphatic rings. The number of nitrogens with zero attached hydrogens (tertiary/aromatic N) is 2. The first-order valence-corrected chi connectivity index (χ1v) is 6.04. The number of hydrogen-bond acceptors (Lipinski definition) is 2. The minimum Gasteiger partial charge on any atom is -0.355 e. The molecule has 0 N–H and O–H groups in total. The van der Waals surface area contributed by atoms with Crippen molar-refractivity contribution in [3.63, 3.8) is 0 Å². The number of aromatic nitrogens is 1. The summed E-state index contributed by atoms with van der Waals surface area (Å²) in [4.78, 5) is 6.45. The average Bonchev–Trinajstić information content (AvgIpc) is 2.28. The number of alkyl halides is 1. The SMILES string of the molecule is CC1CCCN(c2ncc(CF)cc2Cl)C1. The molecule has 4 heteroatoms. The Balaban J connectivity index is 2.19. The number of hydrogen-bond donors (Lipinski definition) is 0. The molecule has 1 aromatic heterocycles. The Morgan fingerprint density at radius 3 is 3.06 bits per heavy atom. The zero-order valence-corrected chi connectivity index (χ0v) is 10.2. The lowest BCUT2D eigenvalue weighted by atomic mass is 10.0. The van der Waals surface area contributed by atoms with Gasteiger partial charge in [0, 0.05) is 24.8 Å². The third kappa shape index (κ3) is 2.46. The maximum Gasteiger partial charge on any atom is 0.147 e. The van der Waals surface area contributed by atoms with Gasteiger partial charge in [-0.25, -0.2) is 9.37 Å². The van der Waals surface area contributed by atoms with Crippen molar-refractivity contribution in [3.8, 4) is 0 Å². The smallest absolute Gasteiger partial charge is 0.147 e. The van der Waals surface area contributed by atoms with Crippen LogP contribution in [0.1, 0.15) is 25.3 Å². The highest BCUT2D eigenvalue weighted by molar-refractivity contribution is 6.33.